The molecule has 3 heterocycles. The van der Waals surface area contributed by atoms with Gasteiger partial charge in [0, 0.05) is 34.8 Å². The SMILES string of the molecule is CCc1c(C)c(C#N)c2[nH]c3ccccc3[n+]2c1NN=Cc1c(C)n(C)c2ccc(OC)cc12. The van der Waals surface area contributed by atoms with Crippen LogP contribution in [0.5, 0.6) is 5.75 Å². The number of hydrazone groups is 1. The molecule has 0 spiro atoms. The zero-order valence-corrected chi connectivity index (χ0v) is 20.0. The van der Waals surface area contributed by atoms with Crippen molar-refractivity contribution in [2.24, 2.45) is 12.1 Å². The first kappa shape index (κ1) is 21.5. The summed E-state index contributed by atoms with van der Waals surface area (Å²) < 4.78 is 9.67. The summed E-state index contributed by atoms with van der Waals surface area (Å²) in [5, 5.41) is 15.7. The van der Waals surface area contributed by atoms with Crippen LogP contribution in [0.2, 0.25) is 0 Å². The van der Waals surface area contributed by atoms with Crippen LogP contribution in [0.3, 0.4) is 0 Å². The molecule has 7 heteroatoms. The highest BCUT2D eigenvalue weighted by Gasteiger charge is 2.25. The van der Waals surface area contributed by atoms with Crippen LogP contribution in [0.4, 0.5) is 5.82 Å². The summed E-state index contributed by atoms with van der Waals surface area (Å²) in [5.74, 6) is 1.67. The standard InChI is InChI=1S/C27H26N6O/c1-6-19-16(2)21(14-28)26-30-23-9-7-8-10-25(23)33(26)27(19)31-29-15-22-17(3)32(4)24-12-11-18(34-5)13-20(22)24/h7-13,15H,6H2,1-5H3,(H,30,31)/p+1. The Morgan fingerprint density at radius 1 is 1.24 bits per heavy atom. The average Bonchev–Trinajstić information content (AvgIpc) is 3.34. The van der Waals surface area contributed by atoms with Crippen LogP contribution in [0.25, 0.3) is 27.6 Å². The second kappa shape index (κ2) is 8.23. The van der Waals surface area contributed by atoms with Gasteiger partial charge >= 0.3 is 0 Å². The molecule has 0 radical (unpaired) electrons. The van der Waals surface area contributed by atoms with E-state index in [0.717, 1.165) is 68.0 Å². The molecule has 5 rings (SSSR count). The molecule has 0 aliphatic rings. The van der Waals surface area contributed by atoms with Gasteiger partial charge in [-0.3, -0.25) is 4.98 Å². The van der Waals surface area contributed by atoms with Gasteiger partial charge in [0.2, 0.25) is 5.65 Å². The Morgan fingerprint density at radius 3 is 2.76 bits per heavy atom. The molecule has 3 aromatic heterocycles. The Balaban J connectivity index is 1.69. The highest BCUT2D eigenvalue weighted by molar-refractivity contribution is 6.01. The van der Waals surface area contributed by atoms with Gasteiger partial charge in [-0.15, -0.1) is 5.10 Å². The molecule has 2 N–H and O–H groups in total. The first-order chi connectivity index (χ1) is 16.5. The van der Waals surface area contributed by atoms with Gasteiger partial charge in [-0.2, -0.15) is 15.1 Å². The summed E-state index contributed by atoms with van der Waals surface area (Å²) >= 11 is 0. The third kappa shape index (κ3) is 3.11. The van der Waals surface area contributed by atoms with Gasteiger partial charge in [-0.05, 0) is 56.2 Å². The maximum Gasteiger partial charge on any atom is 0.253 e. The number of ether oxygens (including phenoxy) is 1. The van der Waals surface area contributed by atoms with E-state index in [1.54, 1.807) is 7.11 Å². The molecule has 0 saturated carbocycles. The summed E-state index contributed by atoms with van der Waals surface area (Å²) in [4.78, 5) is 3.42. The van der Waals surface area contributed by atoms with Gasteiger partial charge in [-0.1, -0.05) is 19.1 Å². The molecule has 170 valence electrons. The van der Waals surface area contributed by atoms with E-state index in [1.807, 2.05) is 49.5 Å². The lowest BCUT2D eigenvalue weighted by molar-refractivity contribution is -0.465. The summed E-state index contributed by atoms with van der Waals surface area (Å²) in [6, 6.07) is 16.5. The van der Waals surface area contributed by atoms with E-state index in [9.17, 15) is 5.26 Å². The maximum atomic E-state index is 9.91. The number of nitriles is 1. The number of benzene rings is 2. The van der Waals surface area contributed by atoms with Crippen molar-refractivity contribution in [3.8, 4) is 11.8 Å². The van der Waals surface area contributed by atoms with Crippen LogP contribution < -0.4 is 14.6 Å². The normalized spacial score (nSPS) is 11.6. The number of aromatic nitrogens is 3. The number of hydrogen-bond acceptors (Lipinski definition) is 4. The summed E-state index contributed by atoms with van der Waals surface area (Å²) in [6.07, 6.45) is 2.64. The van der Waals surface area contributed by atoms with Gasteiger partial charge in [0.25, 0.3) is 5.82 Å². The number of methoxy groups -OCH3 is 1. The second-order valence-corrected chi connectivity index (χ2v) is 8.43. The zero-order chi connectivity index (χ0) is 24.0. The van der Waals surface area contributed by atoms with E-state index in [1.165, 1.54) is 0 Å². The molecule has 2 aromatic carbocycles. The van der Waals surface area contributed by atoms with Gasteiger partial charge in [0.05, 0.1) is 13.3 Å². The number of anilines is 1. The molecule has 0 saturated heterocycles. The monoisotopic (exact) mass is 451 g/mol. The topological polar surface area (TPSA) is 82.2 Å². The van der Waals surface area contributed by atoms with Crippen LogP contribution in [0, 0.1) is 25.2 Å². The average molecular weight is 452 g/mol. The molecule has 34 heavy (non-hydrogen) atoms. The molecule has 0 aliphatic carbocycles. The Bertz CT molecular complexity index is 1650. The van der Waals surface area contributed by atoms with Gasteiger partial charge in [-0.25, -0.2) is 0 Å². The number of nitrogens with zero attached hydrogens (tertiary/aromatic N) is 4. The zero-order valence-electron chi connectivity index (χ0n) is 20.0. The molecule has 0 aliphatic heterocycles. The number of nitrogens with one attached hydrogen (secondary N) is 2. The molecule has 0 amide bonds. The highest BCUT2D eigenvalue weighted by Crippen LogP contribution is 2.28. The number of imidazole rings is 1. The molecule has 0 unspecified atom stereocenters. The Hall–Kier alpha value is -4.31. The minimum absolute atomic E-state index is 0.652. The van der Waals surface area contributed by atoms with Crippen molar-refractivity contribution in [2.75, 3.05) is 12.5 Å². The van der Waals surface area contributed by atoms with Gasteiger partial charge in [0.1, 0.15) is 28.4 Å². The number of hydrogen-bond donors (Lipinski definition) is 2. The van der Waals surface area contributed by atoms with Crippen LogP contribution in [-0.2, 0) is 13.5 Å². The van der Waals surface area contributed by atoms with Crippen molar-refractivity contribution in [3.63, 3.8) is 0 Å². The lowest BCUT2D eigenvalue weighted by atomic mass is 10.0. The number of aryl methyl sites for hydroxylation is 1. The fourth-order valence-electron chi connectivity index (χ4n) is 4.84. The third-order valence-corrected chi connectivity index (χ3v) is 6.77. The number of rotatable bonds is 5. The Morgan fingerprint density at radius 2 is 2.03 bits per heavy atom. The molecule has 0 atom stereocenters. The largest absolute Gasteiger partial charge is 0.497 e. The van der Waals surface area contributed by atoms with E-state index in [2.05, 4.69) is 57.5 Å². The van der Waals surface area contributed by atoms with Crippen LogP contribution in [0.1, 0.15) is 34.9 Å². The third-order valence-electron chi connectivity index (χ3n) is 6.77. The second-order valence-electron chi connectivity index (χ2n) is 8.43. The quantitative estimate of drug-likeness (QED) is 0.226. The fourth-order valence-corrected chi connectivity index (χ4v) is 4.84. The number of para-hydroxylation sites is 2. The van der Waals surface area contributed by atoms with Crippen molar-refractivity contribution >= 4 is 39.6 Å². The first-order valence-corrected chi connectivity index (χ1v) is 11.3. The van der Waals surface area contributed by atoms with Gasteiger partial charge in [0.15, 0.2) is 0 Å². The minimum atomic E-state index is 0.652. The molecular weight excluding hydrogens is 424 g/mol. The van der Waals surface area contributed by atoms with Crippen molar-refractivity contribution in [1.82, 2.24) is 9.55 Å². The van der Waals surface area contributed by atoms with E-state index < -0.39 is 0 Å². The van der Waals surface area contributed by atoms with Gasteiger partial charge < -0.3 is 9.30 Å². The van der Waals surface area contributed by atoms with E-state index >= 15 is 0 Å². The van der Waals surface area contributed by atoms with Crippen molar-refractivity contribution < 1.29 is 9.14 Å². The number of fused-ring (bicyclic) bond motifs is 4. The molecule has 5 aromatic rings. The van der Waals surface area contributed by atoms with E-state index in [4.69, 9.17) is 4.74 Å². The Labute approximate surface area is 197 Å². The molecule has 7 nitrogen and oxygen atoms in total. The fraction of sp³-hybridized carbons (Fsp3) is 0.222. The lowest BCUT2D eigenvalue weighted by Crippen LogP contribution is -2.28. The summed E-state index contributed by atoms with van der Waals surface area (Å²) in [7, 11) is 3.73. The van der Waals surface area contributed by atoms with E-state index in [-0.39, 0.29) is 0 Å². The van der Waals surface area contributed by atoms with Crippen molar-refractivity contribution in [1.29, 1.82) is 5.26 Å². The molecular formula is C27H27N6O+. The van der Waals surface area contributed by atoms with E-state index in [0.29, 0.717) is 5.56 Å². The van der Waals surface area contributed by atoms with Crippen LogP contribution in [-0.4, -0.2) is 22.9 Å². The number of pyridine rings is 1. The first-order valence-electron chi connectivity index (χ1n) is 11.3. The lowest BCUT2D eigenvalue weighted by Gasteiger charge is -2.10. The maximum absolute atomic E-state index is 9.91. The molecule has 0 fully saturated rings. The van der Waals surface area contributed by atoms with Crippen molar-refractivity contribution in [3.05, 3.63) is 70.4 Å². The Kier molecular flexibility index (Phi) is 5.21. The van der Waals surface area contributed by atoms with Crippen LogP contribution in [0.15, 0.2) is 47.6 Å². The van der Waals surface area contributed by atoms with Crippen LogP contribution >= 0.6 is 0 Å². The molecule has 0 bridgehead atoms. The number of H-pyrrole nitrogens is 1. The van der Waals surface area contributed by atoms with Crippen molar-refractivity contribution in [2.45, 2.75) is 27.2 Å². The predicted molar refractivity (Wildman–Crippen MR) is 136 cm³/mol. The predicted octanol–water partition coefficient (Wildman–Crippen LogP) is 4.90. The summed E-state index contributed by atoms with van der Waals surface area (Å²) in [6.45, 7) is 6.18. The number of aromatic amines is 1. The minimum Gasteiger partial charge on any atom is -0.497 e. The highest BCUT2D eigenvalue weighted by atomic mass is 16.5. The smallest absolute Gasteiger partial charge is 0.253 e. The summed E-state index contributed by atoms with van der Waals surface area (Å²) in [5.41, 5.74) is 12.0.